The van der Waals surface area contributed by atoms with Crippen molar-refractivity contribution in [1.82, 2.24) is 0 Å². The van der Waals surface area contributed by atoms with Crippen LogP contribution in [0, 0.1) is 6.92 Å². The van der Waals surface area contributed by atoms with Gasteiger partial charge in [-0.05, 0) is 24.6 Å². The molecular formula is C15H24OS2. The van der Waals surface area contributed by atoms with E-state index in [9.17, 15) is 5.11 Å². The second-order valence-corrected chi connectivity index (χ2v) is 10.3. The first-order valence-corrected chi connectivity index (χ1v) is 7.83. The second-order valence-electron chi connectivity index (χ2n) is 6.54. The highest BCUT2D eigenvalue weighted by molar-refractivity contribution is 8.01. The van der Waals surface area contributed by atoms with E-state index in [0.29, 0.717) is 5.75 Å². The van der Waals surface area contributed by atoms with E-state index < -0.39 is 0 Å². The molecule has 1 rings (SSSR count). The van der Waals surface area contributed by atoms with E-state index in [2.05, 4.69) is 60.6 Å². The molecule has 0 saturated heterocycles. The van der Waals surface area contributed by atoms with Gasteiger partial charge < -0.3 is 5.11 Å². The number of hydrogen-bond acceptors (Lipinski definition) is 3. The Morgan fingerprint density at radius 1 is 0.833 bits per heavy atom. The largest absolute Gasteiger partial charge is 0.506 e. The van der Waals surface area contributed by atoms with E-state index >= 15 is 0 Å². The Labute approximate surface area is 120 Å². The second kappa shape index (κ2) is 5.38. The Hall–Kier alpha value is -0.280. The van der Waals surface area contributed by atoms with Crippen LogP contribution in [0.15, 0.2) is 21.9 Å². The fourth-order valence-corrected chi connectivity index (χ4v) is 3.82. The molecule has 102 valence electrons. The van der Waals surface area contributed by atoms with Crippen molar-refractivity contribution in [3.63, 3.8) is 0 Å². The summed E-state index contributed by atoms with van der Waals surface area (Å²) in [6.07, 6.45) is 0. The molecule has 0 spiro atoms. The van der Waals surface area contributed by atoms with Crippen molar-refractivity contribution in [1.29, 1.82) is 0 Å². The maximum atomic E-state index is 10.4. The maximum Gasteiger partial charge on any atom is 0.142 e. The summed E-state index contributed by atoms with van der Waals surface area (Å²) in [5.74, 6) is 0.431. The molecule has 0 saturated carbocycles. The van der Waals surface area contributed by atoms with Gasteiger partial charge in [0, 0.05) is 9.49 Å². The Morgan fingerprint density at radius 2 is 1.17 bits per heavy atom. The van der Waals surface area contributed by atoms with Crippen molar-refractivity contribution >= 4 is 23.5 Å². The average molecular weight is 284 g/mol. The van der Waals surface area contributed by atoms with Gasteiger partial charge in [0.2, 0.25) is 0 Å². The maximum absolute atomic E-state index is 10.4. The lowest BCUT2D eigenvalue weighted by Crippen LogP contribution is -2.08. The molecule has 0 aliphatic rings. The van der Waals surface area contributed by atoms with Gasteiger partial charge in [-0.3, -0.25) is 0 Å². The highest BCUT2D eigenvalue weighted by Crippen LogP contribution is 2.45. The van der Waals surface area contributed by atoms with Gasteiger partial charge in [-0.2, -0.15) is 0 Å². The van der Waals surface area contributed by atoms with Crippen LogP contribution >= 0.6 is 23.5 Å². The highest BCUT2D eigenvalue weighted by atomic mass is 32.2. The molecule has 0 atom stereocenters. The molecule has 0 amide bonds. The molecular weight excluding hydrogens is 260 g/mol. The third kappa shape index (κ3) is 5.15. The molecule has 0 aromatic heterocycles. The number of phenolic OH excluding ortho intramolecular Hbond substituents is 1. The van der Waals surface area contributed by atoms with Gasteiger partial charge in [0.1, 0.15) is 5.75 Å². The Morgan fingerprint density at radius 3 is 1.44 bits per heavy atom. The van der Waals surface area contributed by atoms with E-state index in [1.807, 2.05) is 0 Å². The average Bonchev–Trinajstić information content (AvgIpc) is 2.07. The molecule has 1 nitrogen and oxygen atoms in total. The zero-order valence-electron chi connectivity index (χ0n) is 12.4. The minimum absolute atomic E-state index is 0.106. The van der Waals surface area contributed by atoms with Crippen molar-refractivity contribution in [2.24, 2.45) is 0 Å². The van der Waals surface area contributed by atoms with Gasteiger partial charge in [-0.15, -0.1) is 23.5 Å². The number of phenols is 1. The quantitative estimate of drug-likeness (QED) is 0.726. The first-order valence-electron chi connectivity index (χ1n) is 6.19. The van der Waals surface area contributed by atoms with Gasteiger partial charge >= 0.3 is 0 Å². The summed E-state index contributed by atoms with van der Waals surface area (Å²) in [6, 6.07) is 4.13. The van der Waals surface area contributed by atoms with Crippen LogP contribution < -0.4 is 0 Å². The van der Waals surface area contributed by atoms with Gasteiger partial charge in [0.25, 0.3) is 0 Å². The molecule has 0 radical (unpaired) electrons. The molecule has 1 N–H and O–H groups in total. The predicted octanol–water partition coefficient (Wildman–Crippen LogP) is 5.48. The first kappa shape index (κ1) is 15.8. The third-order valence-electron chi connectivity index (χ3n) is 2.02. The smallest absolute Gasteiger partial charge is 0.142 e. The Balaban J connectivity index is 3.14. The number of rotatable bonds is 2. The minimum Gasteiger partial charge on any atom is -0.506 e. The fraction of sp³-hybridized carbons (Fsp3) is 0.600. The number of hydrogen-bond donors (Lipinski definition) is 1. The van der Waals surface area contributed by atoms with Crippen molar-refractivity contribution in [2.45, 2.75) is 67.8 Å². The molecule has 0 aliphatic carbocycles. The van der Waals surface area contributed by atoms with Crippen molar-refractivity contribution < 1.29 is 5.11 Å². The topological polar surface area (TPSA) is 20.2 Å². The van der Waals surface area contributed by atoms with Crippen LogP contribution in [-0.4, -0.2) is 14.6 Å². The summed E-state index contributed by atoms with van der Waals surface area (Å²) in [5, 5.41) is 10.4. The van der Waals surface area contributed by atoms with Crippen molar-refractivity contribution in [3.05, 3.63) is 17.7 Å². The van der Waals surface area contributed by atoms with Crippen molar-refractivity contribution in [2.75, 3.05) is 0 Å². The van der Waals surface area contributed by atoms with Crippen LogP contribution in [-0.2, 0) is 0 Å². The summed E-state index contributed by atoms with van der Waals surface area (Å²) in [5.41, 5.74) is 1.20. The summed E-state index contributed by atoms with van der Waals surface area (Å²) in [6.45, 7) is 15.1. The zero-order valence-corrected chi connectivity index (χ0v) is 14.1. The number of benzene rings is 1. The molecule has 18 heavy (non-hydrogen) atoms. The standard InChI is InChI=1S/C15H24OS2/c1-10-8-11(17-14(2,3)4)13(16)12(9-10)18-15(5,6)7/h8-9,16H,1-7H3. The van der Waals surface area contributed by atoms with Crippen molar-refractivity contribution in [3.8, 4) is 5.75 Å². The molecule has 3 heteroatoms. The summed E-state index contributed by atoms with van der Waals surface area (Å²) >= 11 is 3.44. The number of aryl methyl sites for hydroxylation is 1. The first-order chi connectivity index (χ1) is 7.98. The van der Waals surface area contributed by atoms with Gasteiger partial charge in [-0.25, -0.2) is 0 Å². The lowest BCUT2D eigenvalue weighted by Gasteiger charge is -2.22. The highest BCUT2D eigenvalue weighted by Gasteiger charge is 2.20. The van der Waals surface area contributed by atoms with E-state index in [0.717, 1.165) is 9.79 Å². The van der Waals surface area contributed by atoms with Crippen LogP contribution in [0.3, 0.4) is 0 Å². The van der Waals surface area contributed by atoms with Crippen LogP contribution in [0.5, 0.6) is 5.75 Å². The lowest BCUT2D eigenvalue weighted by molar-refractivity contribution is 0.448. The molecule has 1 aromatic carbocycles. The summed E-state index contributed by atoms with van der Waals surface area (Å²) < 4.78 is 0.212. The Bertz CT molecular complexity index is 388. The van der Waals surface area contributed by atoms with E-state index in [1.165, 1.54) is 5.56 Å². The van der Waals surface area contributed by atoms with Crippen LogP contribution in [0.2, 0.25) is 0 Å². The van der Waals surface area contributed by atoms with Gasteiger partial charge in [-0.1, -0.05) is 41.5 Å². The molecule has 0 heterocycles. The van der Waals surface area contributed by atoms with Gasteiger partial charge in [0.15, 0.2) is 0 Å². The van der Waals surface area contributed by atoms with E-state index in [1.54, 1.807) is 23.5 Å². The molecule has 0 unspecified atom stereocenters. The van der Waals surface area contributed by atoms with Crippen LogP contribution in [0.1, 0.15) is 47.1 Å². The molecule has 1 aromatic rings. The van der Waals surface area contributed by atoms with Crippen LogP contribution in [0.25, 0.3) is 0 Å². The predicted molar refractivity (Wildman–Crippen MR) is 84.1 cm³/mol. The van der Waals surface area contributed by atoms with E-state index in [-0.39, 0.29) is 9.49 Å². The number of thioether (sulfide) groups is 2. The molecule has 0 bridgehead atoms. The normalized spacial score (nSPS) is 12.8. The molecule has 0 aliphatic heterocycles. The summed E-state index contributed by atoms with van der Waals surface area (Å²) in [4.78, 5) is 1.96. The SMILES string of the molecule is Cc1cc(SC(C)(C)C)c(O)c(SC(C)(C)C)c1. The lowest BCUT2D eigenvalue weighted by atomic mass is 10.2. The van der Waals surface area contributed by atoms with E-state index in [4.69, 9.17) is 0 Å². The zero-order chi connectivity index (χ0) is 14.1. The third-order valence-corrected chi connectivity index (χ3v) is 4.30. The fourth-order valence-electron chi connectivity index (χ4n) is 1.53. The van der Waals surface area contributed by atoms with Crippen LogP contribution in [0.4, 0.5) is 0 Å². The monoisotopic (exact) mass is 284 g/mol. The molecule has 0 fully saturated rings. The van der Waals surface area contributed by atoms with Gasteiger partial charge in [0.05, 0.1) is 9.79 Å². The summed E-state index contributed by atoms with van der Waals surface area (Å²) in [7, 11) is 0. The number of aromatic hydroxyl groups is 1. The minimum atomic E-state index is 0.106. The Kier molecular flexibility index (Phi) is 4.71.